The van der Waals surface area contributed by atoms with Gasteiger partial charge in [0, 0.05) is 69.9 Å². The number of rotatable bonds is 12. The second-order valence-electron chi connectivity index (χ2n) is 22.6. The zero-order chi connectivity index (χ0) is 52.2. The van der Waals surface area contributed by atoms with Gasteiger partial charge in [0.05, 0.1) is 69.6 Å². The van der Waals surface area contributed by atoms with Gasteiger partial charge in [-0.25, -0.2) is 22.5 Å². The number of nitrogens with one attached hydrogen (secondary N) is 3. The molecule has 0 radical (unpaired) electrons. The summed E-state index contributed by atoms with van der Waals surface area (Å²) in [6.07, 6.45) is 9.63. The molecule has 2 aromatic heterocycles. The summed E-state index contributed by atoms with van der Waals surface area (Å²) >= 11 is 0. The van der Waals surface area contributed by atoms with Crippen LogP contribution >= 0.6 is 0 Å². The van der Waals surface area contributed by atoms with Crippen LogP contribution in [0, 0.1) is 27.3 Å². The lowest BCUT2D eigenvalue weighted by Crippen LogP contribution is -2.58. The van der Waals surface area contributed by atoms with Crippen molar-refractivity contribution >= 4 is 61.2 Å². The Hall–Kier alpha value is -5.86. The van der Waals surface area contributed by atoms with Gasteiger partial charge < -0.3 is 39.6 Å². The second kappa shape index (κ2) is 20.6. The van der Waals surface area contributed by atoms with Crippen molar-refractivity contribution in [2.75, 3.05) is 85.7 Å². The first kappa shape index (κ1) is 51.3. The third-order valence-corrected chi connectivity index (χ3v) is 18.7. The van der Waals surface area contributed by atoms with Crippen molar-refractivity contribution in [3.63, 3.8) is 0 Å². The van der Waals surface area contributed by atoms with Crippen LogP contribution in [-0.4, -0.2) is 123 Å². The number of sulfonamides is 1. The van der Waals surface area contributed by atoms with Crippen molar-refractivity contribution in [2.45, 2.75) is 120 Å². The maximum absolute atomic E-state index is 15.5. The van der Waals surface area contributed by atoms with Gasteiger partial charge in [-0.2, -0.15) is 0 Å². The normalized spacial score (nSPS) is 24.6. The molecule has 0 unspecified atom stereocenters. The maximum Gasteiger partial charge on any atom is 0.293 e. The van der Waals surface area contributed by atoms with Gasteiger partial charge in [0.1, 0.15) is 17.2 Å². The molecule has 19 heteroatoms. The topological polar surface area (TPSA) is 199 Å². The van der Waals surface area contributed by atoms with Crippen molar-refractivity contribution in [1.29, 1.82) is 0 Å². The molecular weight excluding hydrogens is 978 g/mol. The van der Waals surface area contributed by atoms with Gasteiger partial charge in [-0.1, -0.05) is 38.1 Å². The van der Waals surface area contributed by atoms with Gasteiger partial charge in [0.25, 0.3) is 21.6 Å². The molecule has 3 aromatic carbocycles. The third kappa shape index (κ3) is 10.3. The van der Waals surface area contributed by atoms with Crippen LogP contribution in [0.2, 0.25) is 0 Å². The predicted octanol–water partition coefficient (Wildman–Crippen LogP) is 9.17. The fourth-order valence-electron chi connectivity index (χ4n) is 13.0. The summed E-state index contributed by atoms with van der Waals surface area (Å²) in [5.74, 6) is -0.188. The van der Waals surface area contributed by atoms with E-state index >= 15 is 4.39 Å². The summed E-state index contributed by atoms with van der Waals surface area (Å²) in [5, 5.41) is 26.2. The number of anilines is 5. The highest BCUT2D eigenvalue weighted by atomic mass is 32.2. The lowest BCUT2D eigenvalue weighted by molar-refractivity contribution is -0.384. The highest BCUT2D eigenvalue weighted by Gasteiger charge is 2.50. The van der Waals surface area contributed by atoms with E-state index in [2.05, 4.69) is 67.8 Å². The number of fused-ring (bicyclic) bond motifs is 4. The highest BCUT2D eigenvalue weighted by Crippen LogP contribution is 2.54. The Morgan fingerprint density at radius 1 is 0.933 bits per heavy atom. The molecule has 1 spiro atoms. The van der Waals surface area contributed by atoms with E-state index < -0.39 is 42.9 Å². The van der Waals surface area contributed by atoms with Gasteiger partial charge in [0.15, 0.2) is 5.82 Å². The Labute approximate surface area is 438 Å². The molecule has 5 fully saturated rings. The lowest BCUT2D eigenvalue weighted by Gasteiger charge is -2.57. The van der Waals surface area contributed by atoms with Crippen molar-refractivity contribution in [2.24, 2.45) is 11.3 Å². The number of hydrogen-bond acceptors (Lipinski definition) is 14. The molecule has 5 aromatic rings. The number of hydrogen-bond donors (Lipinski definition) is 4. The van der Waals surface area contributed by atoms with Crippen LogP contribution < -0.4 is 24.7 Å². The number of benzene rings is 3. The van der Waals surface area contributed by atoms with Crippen LogP contribution in [0.4, 0.5) is 38.6 Å². The standard InChI is InChI=1S/C56H70FN9O8S/c1-36(2)42-7-4-5-8-43(42)51-35-74-26-24-63(51)40-30-56(31-40)18-22-62(23-19-56)38-9-11-44(48(27-38)65-21-15-39-34-73-25-6-20-64(39)53-50(65)29-45-46(57)33-59-52(45)60-53)54(67)61-75(71,72)41-10-12-47(49(28-41)66(69)70)58-32-37-13-16-55(3,68)17-14-37/h4-5,7-12,27-29,33,36-37,39-40,51,58,68H,6,13-26,30-32,34-35H2,1-3H3,(H,59,60)(H,61,67)/t37?,39-,51-,55?/m0/s1. The summed E-state index contributed by atoms with van der Waals surface area (Å²) < 4.78 is 58.4. The van der Waals surface area contributed by atoms with E-state index in [0.29, 0.717) is 93.5 Å². The Bertz CT molecular complexity index is 3050. The monoisotopic (exact) mass is 1050 g/mol. The van der Waals surface area contributed by atoms with Crippen LogP contribution in [0.3, 0.4) is 0 Å². The second-order valence-corrected chi connectivity index (χ2v) is 24.3. The number of piperidine rings is 1. The molecule has 6 aliphatic rings. The minimum atomic E-state index is -4.66. The number of pyridine rings is 1. The van der Waals surface area contributed by atoms with Crippen LogP contribution in [-0.2, 0) is 19.5 Å². The number of aromatic nitrogens is 2. The summed E-state index contributed by atoms with van der Waals surface area (Å²) in [7, 11) is -4.66. The highest BCUT2D eigenvalue weighted by molar-refractivity contribution is 7.90. The number of nitrogens with zero attached hydrogens (tertiary/aromatic N) is 6. The number of H-pyrrole nitrogens is 1. The molecule has 1 amide bonds. The first-order chi connectivity index (χ1) is 36.1. The fraction of sp³-hybridized carbons (Fsp3) is 0.536. The van der Waals surface area contributed by atoms with Crippen LogP contribution in [0.15, 0.2) is 77.8 Å². The van der Waals surface area contributed by atoms with E-state index in [0.717, 1.165) is 82.9 Å². The molecule has 2 aliphatic carbocycles. The molecule has 11 rings (SSSR count). The molecule has 3 saturated heterocycles. The Morgan fingerprint density at radius 3 is 2.48 bits per heavy atom. The van der Waals surface area contributed by atoms with Crippen LogP contribution in [0.5, 0.6) is 0 Å². The first-order valence-electron chi connectivity index (χ1n) is 27.0. The third-order valence-electron chi connectivity index (χ3n) is 17.4. The fourth-order valence-corrected chi connectivity index (χ4v) is 14.0. The number of ether oxygens (including phenoxy) is 2. The SMILES string of the molecule is CC(C)c1ccccc1[C@@H]1COCCN1C1CC2(CCN(c3ccc(C(=O)NS(=O)(=O)c4ccc(NCC5CCC(C)(O)CC5)c([N+](=O)[O-])c4)c(N4CC[C@H]5COCCCN5c5nc6[nH]cc(F)c6cc54)c3)CC2)C1. The summed E-state index contributed by atoms with van der Waals surface area (Å²) in [4.78, 5) is 43.3. The van der Waals surface area contributed by atoms with Gasteiger partial charge in [0.2, 0.25) is 0 Å². The summed E-state index contributed by atoms with van der Waals surface area (Å²) in [6.45, 7) is 12.7. The number of morpholine rings is 1. The Morgan fingerprint density at radius 2 is 1.71 bits per heavy atom. The number of aliphatic hydroxyl groups is 1. The molecular formula is C56H70FN9O8S. The maximum atomic E-state index is 15.5. The largest absolute Gasteiger partial charge is 0.390 e. The molecule has 400 valence electrons. The van der Waals surface area contributed by atoms with Crippen molar-refractivity contribution < 1.29 is 37.1 Å². The summed E-state index contributed by atoms with van der Waals surface area (Å²) in [6, 6.07) is 20.2. The Kier molecular flexibility index (Phi) is 14.1. The molecule has 0 bridgehead atoms. The average Bonchev–Trinajstić information content (AvgIpc) is 3.51. The van der Waals surface area contributed by atoms with Crippen LogP contribution in [0.25, 0.3) is 11.0 Å². The van der Waals surface area contributed by atoms with E-state index in [1.165, 1.54) is 29.5 Å². The minimum Gasteiger partial charge on any atom is -0.390 e. The van der Waals surface area contributed by atoms with E-state index in [1.807, 2.05) is 24.0 Å². The van der Waals surface area contributed by atoms with E-state index in [-0.39, 0.29) is 40.1 Å². The number of aromatic amines is 1. The smallest absolute Gasteiger partial charge is 0.293 e. The van der Waals surface area contributed by atoms with Crippen molar-refractivity contribution in [3.8, 4) is 0 Å². The minimum absolute atomic E-state index is 0.0601. The van der Waals surface area contributed by atoms with E-state index in [1.54, 1.807) is 12.1 Å². The quantitative estimate of drug-likeness (QED) is 0.0681. The molecule has 2 atom stereocenters. The molecule has 2 saturated carbocycles. The number of carbonyl (C=O) groups excluding carboxylic acids is 1. The van der Waals surface area contributed by atoms with E-state index in [9.17, 15) is 28.4 Å². The van der Waals surface area contributed by atoms with Gasteiger partial charge in [-0.3, -0.25) is 19.8 Å². The molecule has 4 aliphatic heterocycles. The molecule has 75 heavy (non-hydrogen) atoms. The number of carbonyl (C=O) groups is 1. The van der Waals surface area contributed by atoms with Crippen molar-refractivity contribution in [1.82, 2.24) is 19.6 Å². The van der Waals surface area contributed by atoms with Gasteiger partial charge in [-0.05, 0) is 136 Å². The molecule has 6 heterocycles. The Balaban J connectivity index is 0.878. The number of nitro benzene ring substituents is 1. The molecule has 17 nitrogen and oxygen atoms in total. The average molecular weight is 1050 g/mol. The number of nitro groups is 1. The van der Waals surface area contributed by atoms with Crippen molar-refractivity contribution in [3.05, 3.63) is 106 Å². The molecule has 4 N–H and O–H groups in total. The lowest BCUT2D eigenvalue weighted by atomic mass is 9.59. The first-order valence-corrected chi connectivity index (χ1v) is 28.5. The number of amides is 1. The van der Waals surface area contributed by atoms with Gasteiger partial charge >= 0.3 is 0 Å². The van der Waals surface area contributed by atoms with E-state index in [4.69, 9.17) is 14.5 Å². The van der Waals surface area contributed by atoms with Gasteiger partial charge in [-0.15, -0.1) is 0 Å². The summed E-state index contributed by atoms with van der Waals surface area (Å²) in [5.41, 5.74) is 4.28. The zero-order valence-electron chi connectivity index (χ0n) is 43.2. The number of halogens is 1. The van der Waals surface area contributed by atoms with Crippen LogP contribution in [0.1, 0.15) is 118 Å². The predicted molar refractivity (Wildman–Crippen MR) is 287 cm³/mol. The zero-order valence-corrected chi connectivity index (χ0v) is 44.0.